The van der Waals surface area contributed by atoms with E-state index >= 15 is 0 Å². The summed E-state index contributed by atoms with van der Waals surface area (Å²) in [6.07, 6.45) is 4.60. The molecule has 0 aliphatic carbocycles. The van der Waals surface area contributed by atoms with Crippen molar-refractivity contribution in [2.75, 3.05) is 10.6 Å². The van der Waals surface area contributed by atoms with Gasteiger partial charge in [-0.1, -0.05) is 95.5 Å². The second-order valence-corrected chi connectivity index (χ2v) is 13.2. The Bertz CT molecular complexity index is 2730. The Morgan fingerprint density at radius 1 is 0.571 bits per heavy atom. The van der Waals surface area contributed by atoms with Crippen LogP contribution in [0.3, 0.4) is 0 Å². The van der Waals surface area contributed by atoms with Crippen LogP contribution in [0.4, 0.5) is 34.1 Å². The molecule has 56 heavy (non-hydrogen) atoms. The number of phenolic OH excluding ortho intramolecular Hbond substituents is 2. The molecule has 0 radical (unpaired) electrons. The van der Waals surface area contributed by atoms with E-state index in [2.05, 4.69) is 43.4 Å². The molecule has 7 rings (SSSR count). The molecule has 0 aromatic heterocycles. The first-order chi connectivity index (χ1) is 27.1. The summed E-state index contributed by atoms with van der Waals surface area (Å²) in [7, 11) is 0. The van der Waals surface area contributed by atoms with Crippen molar-refractivity contribution in [3.05, 3.63) is 154 Å². The molecule has 0 unspecified atom stereocenters. The number of phenols is 2. The molecule has 276 valence electrons. The number of rotatable bonds is 8. The summed E-state index contributed by atoms with van der Waals surface area (Å²) in [5, 5.41) is 48.5. The molecule has 0 atom stereocenters. The second-order valence-electron chi connectivity index (χ2n) is 11.9. The van der Waals surface area contributed by atoms with Crippen LogP contribution in [-0.2, 0) is 0 Å². The first kappa shape index (κ1) is 38.9. The lowest BCUT2D eigenvalue weighted by molar-refractivity contribution is 0.101. The Kier molecular flexibility index (Phi) is 12.2. The molecule has 0 aliphatic rings. The van der Waals surface area contributed by atoms with Gasteiger partial charge in [-0.2, -0.15) is 0 Å². The molecule has 2 amide bonds. The molecule has 0 bridgehead atoms. The Hall–Kier alpha value is -6.77. The molecule has 0 heterocycles. The van der Waals surface area contributed by atoms with Gasteiger partial charge in [0.1, 0.15) is 22.7 Å². The van der Waals surface area contributed by atoms with Crippen molar-refractivity contribution in [3.63, 3.8) is 0 Å². The van der Waals surface area contributed by atoms with Gasteiger partial charge in [-0.3, -0.25) is 9.59 Å². The maximum absolute atomic E-state index is 13.5. The number of benzene rings is 7. The number of carbonyl (C=O) groups excluding carboxylic acids is 2. The quantitative estimate of drug-likeness (QED) is 0.0894. The zero-order valence-corrected chi connectivity index (χ0v) is 31.6. The molecular weight excluding hydrogens is 771 g/mol. The third-order valence-corrected chi connectivity index (χ3v) is 9.03. The molecule has 7 aromatic carbocycles. The van der Waals surface area contributed by atoms with Gasteiger partial charge in [-0.15, -0.1) is 32.8 Å². The third-order valence-electron chi connectivity index (χ3n) is 8.16. The van der Waals surface area contributed by atoms with Crippen molar-refractivity contribution in [2.45, 2.75) is 6.92 Å². The van der Waals surface area contributed by atoms with E-state index in [9.17, 15) is 19.8 Å². The van der Waals surface area contributed by atoms with E-state index < -0.39 is 11.8 Å². The normalized spacial score (nSPS) is 11.0. The molecule has 0 aliphatic heterocycles. The number of terminal acetylenes is 1. The summed E-state index contributed by atoms with van der Waals surface area (Å²) in [5.41, 5.74) is 1.59. The Morgan fingerprint density at radius 3 is 1.50 bits per heavy atom. The van der Waals surface area contributed by atoms with Crippen molar-refractivity contribution < 1.29 is 19.8 Å². The van der Waals surface area contributed by atoms with Gasteiger partial charge < -0.3 is 20.8 Å². The average Bonchev–Trinajstić information content (AvgIpc) is 3.19. The standard InChI is InChI=1S/C40H25Cl3N6O4.C3H4/c41-24-13-18-32(43)34(21-24)47-49-36-28-10-4-2-8-23(28)20-30(38(36)51)40(53)45-26-16-14-25(15-17-26)44-39(52)29-19-22-7-1-3-9-27(22)35(37(29)50)48-46-33-12-6-5-11-31(33)42;1-3-2/h1-21,50-51H,(H,44,52)(H,45,53);1H,2H3. The number of hydrogen-bond acceptors (Lipinski definition) is 8. The minimum atomic E-state index is -0.609. The van der Waals surface area contributed by atoms with Crippen molar-refractivity contribution in [1.82, 2.24) is 0 Å². The summed E-state index contributed by atoms with van der Waals surface area (Å²) in [6, 6.07) is 35.3. The van der Waals surface area contributed by atoms with Crippen molar-refractivity contribution in [3.8, 4) is 23.8 Å². The number of aromatic hydroxyl groups is 2. The van der Waals surface area contributed by atoms with Gasteiger partial charge in [-0.25, -0.2) is 0 Å². The van der Waals surface area contributed by atoms with Crippen LogP contribution in [0.15, 0.2) is 148 Å². The molecule has 0 fully saturated rings. The van der Waals surface area contributed by atoms with Gasteiger partial charge in [0, 0.05) is 27.2 Å². The highest BCUT2D eigenvalue weighted by atomic mass is 35.5. The lowest BCUT2D eigenvalue weighted by atomic mass is 10.0. The molecule has 0 saturated carbocycles. The first-order valence-corrected chi connectivity index (χ1v) is 17.8. The SMILES string of the molecule is C#CC.O=C(Nc1ccc(NC(=O)c2cc3ccccc3c(N=Nc3cc(Cl)ccc3Cl)c2O)cc1)c1cc2ccccc2c(N=Nc2ccccc2Cl)c1O. The van der Waals surface area contributed by atoms with E-state index in [0.29, 0.717) is 59.4 Å². The minimum absolute atomic E-state index is 0.0217. The summed E-state index contributed by atoms with van der Waals surface area (Å²) >= 11 is 18.6. The predicted octanol–water partition coefficient (Wildman–Crippen LogP) is 13.3. The van der Waals surface area contributed by atoms with Crippen LogP contribution in [0.25, 0.3) is 21.5 Å². The van der Waals surface area contributed by atoms with Gasteiger partial charge in [0.15, 0.2) is 11.5 Å². The molecule has 13 heteroatoms. The van der Waals surface area contributed by atoms with Crippen LogP contribution in [-0.4, -0.2) is 22.0 Å². The Morgan fingerprint density at radius 2 is 1.00 bits per heavy atom. The van der Waals surface area contributed by atoms with E-state index in [1.807, 2.05) is 6.07 Å². The highest BCUT2D eigenvalue weighted by Gasteiger charge is 2.21. The van der Waals surface area contributed by atoms with Crippen LogP contribution in [0, 0.1) is 12.3 Å². The number of fused-ring (bicyclic) bond motifs is 2. The number of nitrogens with zero attached hydrogens (tertiary/aromatic N) is 4. The molecule has 7 aromatic rings. The molecular formula is C43H29Cl3N6O4. The van der Waals surface area contributed by atoms with Crippen LogP contribution < -0.4 is 10.6 Å². The van der Waals surface area contributed by atoms with Gasteiger partial charge in [0.25, 0.3) is 11.8 Å². The smallest absolute Gasteiger partial charge is 0.259 e. The topological polar surface area (TPSA) is 148 Å². The summed E-state index contributed by atoms with van der Waals surface area (Å²) < 4.78 is 0. The summed E-state index contributed by atoms with van der Waals surface area (Å²) in [5.74, 6) is 0.307. The first-order valence-electron chi connectivity index (χ1n) is 16.7. The van der Waals surface area contributed by atoms with Crippen molar-refractivity contribution in [2.24, 2.45) is 20.5 Å². The van der Waals surface area contributed by atoms with Gasteiger partial charge >= 0.3 is 0 Å². The monoisotopic (exact) mass is 798 g/mol. The van der Waals surface area contributed by atoms with E-state index in [1.54, 1.807) is 122 Å². The van der Waals surface area contributed by atoms with E-state index in [1.165, 1.54) is 6.07 Å². The van der Waals surface area contributed by atoms with Crippen molar-refractivity contribution >= 4 is 102 Å². The number of nitrogens with one attached hydrogen (secondary N) is 2. The molecule has 0 saturated heterocycles. The number of hydrogen-bond donors (Lipinski definition) is 4. The Labute approximate surface area is 336 Å². The number of carbonyl (C=O) groups is 2. The summed E-state index contributed by atoms with van der Waals surface area (Å²) in [4.78, 5) is 27.0. The minimum Gasteiger partial charge on any atom is -0.505 e. The van der Waals surface area contributed by atoms with E-state index in [4.69, 9.17) is 34.8 Å². The number of anilines is 2. The maximum Gasteiger partial charge on any atom is 0.259 e. The van der Waals surface area contributed by atoms with Crippen LogP contribution in [0.1, 0.15) is 27.6 Å². The molecule has 0 spiro atoms. The summed E-state index contributed by atoms with van der Waals surface area (Å²) in [6.45, 7) is 1.65. The third kappa shape index (κ3) is 8.78. The lowest BCUT2D eigenvalue weighted by Gasteiger charge is -2.13. The number of halogens is 3. The highest BCUT2D eigenvalue weighted by Crippen LogP contribution is 2.42. The largest absolute Gasteiger partial charge is 0.505 e. The zero-order valence-electron chi connectivity index (χ0n) is 29.3. The van der Waals surface area contributed by atoms with Crippen LogP contribution in [0.5, 0.6) is 11.5 Å². The second kappa shape index (κ2) is 17.6. The van der Waals surface area contributed by atoms with Gasteiger partial charge in [-0.05, 0) is 84.4 Å². The maximum atomic E-state index is 13.5. The predicted molar refractivity (Wildman–Crippen MR) is 224 cm³/mol. The fourth-order valence-electron chi connectivity index (χ4n) is 5.52. The number of amides is 2. The molecule has 10 nitrogen and oxygen atoms in total. The lowest BCUT2D eigenvalue weighted by Crippen LogP contribution is -2.13. The van der Waals surface area contributed by atoms with E-state index in [-0.39, 0.29) is 34.0 Å². The van der Waals surface area contributed by atoms with Crippen molar-refractivity contribution in [1.29, 1.82) is 0 Å². The molecule has 4 N–H and O–H groups in total. The van der Waals surface area contributed by atoms with Crippen LogP contribution >= 0.6 is 34.8 Å². The fourth-order valence-corrected chi connectivity index (χ4v) is 6.02. The fraction of sp³-hybridized carbons (Fsp3) is 0.0233. The van der Waals surface area contributed by atoms with Gasteiger partial charge in [0.05, 0.1) is 21.2 Å². The number of azo groups is 2. The average molecular weight is 800 g/mol. The van der Waals surface area contributed by atoms with Gasteiger partial charge in [0.2, 0.25) is 0 Å². The zero-order chi connectivity index (χ0) is 39.8. The van der Waals surface area contributed by atoms with Crippen LogP contribution in [0.2, 0.25) is 15.1 Å². The Balaban J connectivity index is 0.00000172. The highest BCUT2D eigenvalue weighted by molar-refractivity contribution is 6.35. The van der Waals surface area contributed by atoms with E-state index in [0.717, 1.165) is 0 Å².